The highest BCUT2D eigenvalue weighted by molar-refractivity contribution is 4.92. The van der Waals surface area contributed by atoms with E-state index in [-0.39, 0.29) is 12.6 Å². The molecule has 0 aromatic rings. The van der Waals surface area contributed by atoms with Gasteiger partial charge in [-0.05, 0) is 45.1 Å². The van der Waals surface area contributed by atoms with Crippen LogP contribution < -0.4 is 5.32 Å². The Balaban J connectivity index is 1.85. The Labute approximate surface area is 106 Å². The molecule has 2 N–H and O–H groups in total. The summed E-state index contributed by atoms with van der Waals surface area (Å²) in [6.45, 7) is 4.69. The maximum Gasteiger partial charge on any atom is 0.0584 e. The predicted molar refractivity (Wildman–Crippen MR) is 71.1 cm³/mol. The molecule has 2 aliphatic carbocycles. The SMILES string of the molecule is CC(CO)N(C)CC1(CNC2CC2)CCCC1. The highest BCUT2D eigenvalue weighted by atomic mass is 16.3. The summed E-state index contributed by atoms with van der Waals surface area (Å²) in [6.07, 6.45) is 8.23. The fourth-order valence-corrected chi connectivity index (χ4v) is 2.99. The zero-order valence-electron chi connectivity index (χ0n) is 11.4. The van der Waals surface area contributed by atoms with E-state index in [0.717, 1.165) is 12.6 Å². The minimum Gasteiger partial charge on any atom is -0.395 e. The van der Waals surface area contributed by atoms with Crippen LogP contribution in [0.1, 0.15) is 45.4 Å². The van der Waals surface area contributed by atoms with Crippen molar-refractivity contribution in [3.8, 4) is 0 Å². The Bertz CT molecular complexity index is 234. The quantitative estimate of drug-likeness (QED) is 0.710. The van der Waals surface area contributed by atoms with Gasteiger partial charge in [-0.2, -0.15) is 0 Å². The van der Waals surface area contributed by atoms with Gasteiger partial charge in [-0.1, -0.05) is 12.8 Å². The lowest BCUT2D eigenvalue weighted by atomic mass is 9.85. The first-order chi connectivity index (χ1) is 8.15. The Morgan fingerprint density at radius 1 is 1.35 bits per heavy atom. The number of nitrogens with one attached hydrogen (secondary N) is 1. The fraction of sp³-hybridized carbons (Fsp3) is 1.00. The van der Waals surface area contributed by atoms with Crippen molar-refractivity contribution in [1.29, 1.82) is 0 Å². The van der Waals surface area contributed by atoms with Crippen LogP contribution in [0.2, 0.25) is 0 Å². The van der Waals surface area contributed by atoms with Gasteiger partial charge < -0.3 is 15.3 Å². The molecular formula is C14H28N2O. The summed E-state index contributed by atoms with van der Waals surface area (Å²) in [6, 6.07) is 1.10. The molecule has 1 atom stereocenters. The smallest absolute Gasteiger partial charge is 0.0584 e. The fourth-order valence-electron chi connectivity index (χ4n) is 2.99. The summed E-state index contributed by atoms with van der Waals surface area (Å²) in [4.78, 5) is 2.33. The van der Waals surface area contributed by atoms with Crippen LogP contribution in [-0.2, 0) is 0 Å². The van der Waals surface area contributed by atoms with Crippen LogP contribution in [0, 0.1) is 5.41 Å². The van der Waals surface area contributed by atoms with Crippen molar-refractivity contribution in [3.05, 3.63) is 0 Å². The maximum absolute atomic E-state index is 9.23. The number of nitrogens with zero attached hydrogens (tertiary/aromatic N) is 1. The first-order valence-electron chi connectivity index (χ1n) is 7.20. The number of likely N-dealkylation sites (N-methyl/N-ethyl adjacent to an activating group) is 1. The molecule has 1 unspecified atom stereocenters. The second-order valence-electron chi connectivity index (χ2n) is 6.31. The van der Waals surface area contributed by atoms with Gasteiger partial charge in [0.25, 0.3) is 0 Å². The molecule has 2 rings (SSSR count). The van der Waals surface area contributed by atoms with Crippen LogP contribution in [0.25, 0.3) is 0 Å². The topological polar surface area (TPSA) is 35.5 Å². The van der Waals surface area contributed by atoms with Gasteiger partial charge in [-0.25, -0.2) is 0 Å². The third-order valence-electron chi connectivity index (χ3n) is 4.61. The van der Waals surface area contributed by atoms with Crippen molar-refractivity contribution in [2.45, 2.75) is 57.5 Å². The minimum atomic E-state index is 0.267. The van der Waals surface area contributed by atoms with E-state index in [0.29, 0.717) is 5.41 Å². The molecule has 17 heavy (non-hydrogen) atoms. The van der Waals surface area contributed by atoms with Gasteiger partial charge in [-0.3, -0.25) is 0 Å². The lowest BCUT2D eigenvalue weighted by molar-refractivity contribution is 0.103. The minimum absolute atomic E-state index is 0.267. The molecule has 0 aromatic carbocycles. The summed E-state index contributed by atoms with van der Waals surface area (Å²) in [5, 5.41) is 12.9. The van der Waals surface area contributed by atoms with Gasteiger partial charge in [0.15, 0.2) is 0 Å². The zero-order chi connectivity index (χ0) is 12.3. The molecule has 2 aliphatic rings. The monoisotopic (exact) mass is 240 g/mol. The summed E-state index contributed by atoms with van der Waals surface area (Å²) >= 11 is 0. The molecule has 0 heterocycles. The van der Waals surface area contributed by atoms with E-state index in [4.69, 9.17) is 0 Å². The van der Waals surface area contributed by atoms with Crippen molar-refractivity contribution in [2.75, 3.05) is 26.7 Å². The molecule has 3 heteroatoms. The van der Waals surface area contributed by atoms with Gasteiger partial charge in [0, 0.05) is 25.2 Å². The lowest BCUT2D eigenvalue weighted by Crippen LogP contribution is -2.45. The van der Waals surface area contributed by atoms with Gasteiger partial charge in [0.2, 0.25) is 0 Å². The summed E-state index contributed by atoms with van der Waals surface area (Å²) in [5.74, 6) is 0. The standard InChI is InChI=1S/C14H28N2O/c1-12(9-17)16(2)11-14(7-3-4-8-14)10-15-13-5-6-13/h12-13,15,17H,3-11H2,1-2H3. The van der Waals surface area contributed by atoms with E-state index in [1.165, 1.54) is 45.1 Å². The Kier molecular flexibility index (Phi) is 4.45. The normalized spacial score (nSPS) is 25.4. The summed E-state index contributed by atoms with van der Waals surface area (Å²) in [7, 11) is 2.15. The summed E-state index contributed by atoms with van der Waals surface area (Å²) < 4.78 is 0. The number of aliphatic hydroxyl groups is 1. The third-order valence-corrected chi connectivity index (χ3v) is 4.61. The van der Waals surface area contributed by atoms with Crippen molar-refractivity contribution < 1.29 is 5.11 Å². The molecule has 0 aliphatic heterocycles. The first-order valence-corrected chi connectivity index (χ1v) is 7.20. The van der Waals surface area contributed by atoms with Crippen LogP contribution in [-0.4, -0.2) is 48.8 Å². The van der Waals surface area contributed by atoms with Crippen molar-refractivity contribution in [3.63, 3.8) is 0 Å². The van der Waals surface area contributed by atoms with E-state index in [9.17, 15) is 5.11 Å². The summed E-state index contributed by atoms with van der Waals surface area (Å²) in [5.41, 5.74) is 0.473. The lowest BCUT2D eigenvalue weighted by Gasteiger charge is -2.36. The van der Waals surface area contributed by atoms with E-state index < -0.39 is 0 Å². The molecule has 0 spiro atoms. The Hall–Kier alpha value is -0.120. The molecule has 0 aromatic heterocycles. The number of hydrogen-bond donors (Lipinski definition) is 2. The zero-order valence-corrected chi connectivity index (χ0v) is 11.4. The average molecular weight is 240 g/mol. The predicted octanol–water partition coefficient (Wildman–Crippen LogP) is 1.61. The third kappa shape index (κ3) is 3.67. The van der Waals surface area contributed by atoms with Gasteiger partial charge in [-0.15, -0.1) is 0 Å². The van der Waals surface area contributed by atoms with Crippen LogP contribution in [0.15, 0.2) is 0 Å². The molecule has 3 nitrogen and oxygen atoms in total. The van der Waals surface area contributed by atoms with Crippen LogP contribution >= 0.6 is 0 Å². The molecule has 0 amide bonds. The van der Waals surface area contributed by atoms with Crippen LogP contribution in [0.4, 0.5) is 0 Å². The van der Waals surface area contributed by atoms with Crippen molar-refractivity contribution in [1.82, 2.24) is 10.2 Å². The van der Waals surface area contributed by atoms with Crippen LogP contribution in [0.3, 0.4) is 0 Å². The largest absolute Gasteiger partial charge is 0.395 e. The highest BCUT2D eigenvalue weighted by Gasteiger charge is 2.36. The number of rotatable bonds is 7. The van der Waals surface area contributed by atoms with E-state index in [1.807, 2.05) is 0 Å². The Morgan fingerprint density at radius 2 is 2.00 bits per heavy atom. The second-order valence-corrected chi connectivity index (χ2v) is 6.31. The van der Waals surface area contributed by atoms with E-state index in [2.05, 4.69) is 24.2 Å². The first kappa shape index (κ1) is 13.3. The molecule has 0 radical (unpaired) electrons. The van der Waals surface area contributed by atoms with Crippen molar-refractivity contribution in [2.24, 2.45) is 5.41 Å². The highest BCUT2D eigenvalue weighted by Crippen LogP contribution is 2.39. The van der Waals surface area contributed by atoms with Gasteiger partial charge in [0.05, 0.1) is 6.61 Å². The number of aliphatic hydroxyl groups excluding tert-OH is 1. The maximum atomic E-state index is 9.23. The molecule has 2 saturated carbocycles. The van der Waals surface area contributed by atoms with Crippen molar-refractivity contribution >= 4 is 0 Å². The van der Waals surface area contributed by atoms with E-state index >= 15 is 0 Å². The average Bonchev–Trinajstić information content (AvgIpc) is 3.06. The molecule has 0 bridgehead atoms. The number of hydrogen-bond acceptors (Lipinski definition) is 3. The van der Waals surface area contributed by atoms with Gasteiger partial charge in [0.1, 0.15) is 0 Å². The van der Waals surface area contributed by atoms with Gasteiger partial charge >= 0.3 is 0 Å². The second kappa shape index (κ2) is 5.68. The van der Waals surface area contributed by atoms with Crippen LogP contribution in [0.5, 0.6) is 0 Å². The molecule has 2 fully saturated rings. The van der Waals surface area contributed by atoms with E-state index in [1.54, 1.807) is 0 Å². The Morgan fingerprint density at radius 3 is 2.53 bits per heavy atom. The molecule has 0 saturated heterocycles. The molecule has 100 valence electrons. The molecular weight excluding hydrogens is 212 g/mol.